The molecule has 0 spiro atoms. The fourth-order valence-electron chi connectivity index (χ4n) is 1.19. The topological polar surface area (TPSA) is 96.4 Å². The van der Waals surface area contributed by atoms with Gasteiger partial charge < -0.3 is 9.84 Å². The number of benzene rings is 1. The zero-order valence-corrected chi connectivity index (χ0v) is 9.29. The summed E-state index contributed by atoms with van der Waals surface area (Å²) in [5, 5.41) is 28.4. The number of nitrogens with zero attached hydrogens (tertiary/aromatic N) is 2. The van der Waals surface area contributed by atoms with Crippen molar-refractivity contribution in [2.45, 2.75) is 6.92 Å². The van der Waals surface area contributed by atoms with E-state index in [-0.39, 0.29) is 36.1 Å². The average molecular weight is 236 g/mol. The molecule has 0 saturated carbocycles. The van der Waals surface area contributed by atoms with E-state index in [4.69, 9.17) is 15.1 Å². The maximum Gasteiger partial charge on any atom is 0.290 e. The third kappa shape index (κ3) is 3.16. The lowest BCUT2D eigenvalue weighted by Gasteiger charge is -2.11. The van der Waals surface area contributed by atoms with Crippen LogP contribution in [0.15, 0.2) is 18.2 Å². The fraction of sp³-hybridized carbons (Fsp3) is 0.364. The number of nitro groups is 1. The molecule has 90 valence electrons. The van der Waals surface area contributed by atoms with Gasteiger partial charge in [0.25, 0.3) is 5.69 Å². The average Bonchev–Trinajstić information content (AvgIpc) is 2.34. The van der Waals surface area contributed by atoms with Crippen molar-refractivity contribution < 1.29 is 14.8 Å². The molecule has 0 aromatic heterocycles. The highest BCUT2D eigenvalue weighted by molar-refractivity contribution is 5.56. The van der Waals surface area contributed by atoms with Crippen molar-refractivity contribution in [2.24, 2.45) is 5.92 Å². The molecular weight excluding hydrogens is 224 g/mol. The van der Waals surface area contributed by atoms with Gasteiger partial charge in [0, 0.05) is 18.6 Å². The molecular formula is C11H12N2O4. The van der Waals surface area contributed by atoms with Gasteiger partial charge in [-0.25, -0.2) is 0 Å². The molecule has 1 unspecified atom stereocenters. The van der Waals surface area contributed by atoms with E-state index in [1.165, 1.54) is 18.2 Å². The van der Waals surface area contributed by atoms with Gasteiger partial charge in [0.2, 0.25) is 0 Å². The predicted molar refractivity (Wildman–Crippen MR) is 59.6 cm³/mol. The molecule has 0 aliphatic carbocycles. The molecule has 1 rings (SSSR count). The quantitative estimate of drug-likeness (QED) is 0.616. The van der Waals surface area contributed by atoms with Crippen LogP contribution in [0.2, 0.25) is 0 Å². The van der Waals surface area contributed by atoms with Gasteiger partial charge >= 0.3 is 0 Å². The van der Waals surface area contributed by atoms with Crippen LogP contribution in [0.4, 0.5) is 5.69 Å². The largest absolute Gasteiger partial charge is 0.492 e. The van der Waals surface area contributed by atoms with Crippen molar-refractivity contribution in [2.75, 3.05) is 13.2 Å². The van der Waals surface area contributed by atoms with E-state index < -0.39 is 4.92 Å². The second-order valence-corrected chi connectivity index (χ2v) is 3.62. The van der Waals surface area contributed by atoms with E-state index in [2.05, 4.69) is 0 Å². The van der Waals surface area contributed by atoms with E-state index in [1.54, 1.807) is 13.0 Å². The Balaban J connectivity index is 2.97. The lowest BCUT2D eigenvalue weighted by atomic mass is 10.1. The maximum atomic E-state index is 10.7. The number of aliphatic hydroxyl groups is 1. The van der Waals surface area contributed by atoms with Gasteiger partial charge in [0.1, 0.15) is 11.8 Å². The normalized spacial score (nSPS) is 11.6. The summed E-state index contributed by atoms with van der Waals surface area (Å²) in [6.45, 7) is 1.92. The maximum absolute atomic E-state index is 10.7. The minimum Gasteiger partial charge on any atom is -0.492 e. The number of ether oxygens (including phenoxy) is 1. The van der Waals surface area contributed by atoms with Crippen LogP contribution in [0, 0.1) is 27.4 Å². The standard InChI is InChI=1S/C11H12N2O4/c1-8(6-14)7-17-11-4-2-3-10(13(15)16)9(11)5-12/h2-4,8,14H,6-7H2,1H3. The minimum absolute atomic E-state index is 0.0448. The van der Waals surface area contributed by atoms with Crippen LogP contribution in [0.1, 0.15) is 12.5 Å². The molecule has 0 aliphatic rings. The molecule has 0 bridgehead atoms. The van der Waals surface area contributed by atoms with Crippen LogP contribution in [0.25, 0.3) is 0 Å². The van der Waals surface area contributed by atoms with E-state index in [0.717, 1.165) is 0 Å². The Morgan fingerprint density at radius 3 is 2.88 bits per heavy atom. The Bertz CT molecular complexity index is 453. The van der Waals surface area contributed by atoms with E-state index in [0.29, 0.717) is 0 Å². The molecule has 0 radical (unpaired) electrons. The summed E-state index contributed by atoms with van der Waals surface area (Å²) < 4.78 is 5.28. The minimum atomic E-state index is -0.624. The second-order valence-electron chi connectivity index (χ2n) is 3.62. The van der Waals surface area contributed by atoms with Gasteiger partial charge in [-0.3, -0.25) is 10.1 Å². The lowest BCUT2D eigenvalue weighted by Crippen LogP contribution is -2.12. The third-order valence-electron chi connectivity index (χ3n) is 2.15. The van der Waals surface area contributed by atoms with E-state index in [9.17, 15) is 10.1 Å². The van der Waals surface area contributed by atoms with E-state index in [1.807, 2.05) is 0 Å². The Morgan fingerprint density at radius 1 is 1.65 bits per heavy atom. The first-order valence-corrected chi connectivity index (χ1v) is 5.01. The van der Waals surface area contributed by atoms with Crippen LogP contribution >= 0.6 is 0 Å². The summed E-state index contributed by atoms with van der Waals surface area (Å²) >= 11 is 0. The molecule has 17 heavy (non-hydrogen) atoms. The zero-order chi connectivity index (χ0) is 12.8. The monoisotopic (exact) mass is 236 g/mol. The lowest BCUT2D eigenvalue weighted by molar-refractivity contribution is -0.385. The number of nitro benzene ring substituents is 1. The highest BCUT2D eigenvalue weighted by atomic mass is 16.6. The van der Waals surface area contributed by atoms with Gasteiger partial charge in [-0.2, -0.15) is 5.26 Å². The number of rotatable bonds is 5. The third-order valence-corrected chi connectivity index (χ3v) is 2.15. The Hall–Kier alpha value is -2.13. The number of aliphatic hydroxyl groups excluding tert-OH is 1. The molecule has 6 heteroatoms. The predicted octanol–water partition coefficient (Wildman–Crippen LogP) is 1.47. The Kier molecular flexibility index (Phi) is 4.43. The van der Waals surface area contributed by atoms with Crippen molar-refractivity contribution in [1.82, 2.24) is 0 Å². The van der Waals surface area contributed by atoms with Crippen molar-refractivity contribution in [1.29, 1.82) is 5.26 Å². The summed E-state index contributed by atoms with van der Waals surface area (Å²) in [7, 11) is 0. The summed E-state index contributed by atoms with van der Waals surface area (Å²) in [6, 6.07) is 5.96. The van der Waals surface area contributed by atoms with Crippen molar-refractivity contribution in [3.8, 4) is 11.8 Å². The molecule has 0 fully saturated rings. The first kappa shape index (κ1) is 12.9. The molecule has 0 aliphatic heterocycles. The van der Waals surface area contributed by atoms with Crippen LogP contribution in [-0.2, 0) is 0 Å². The van der Waals surface area contributed by atoms with Crippen molar-refractivity contribution >= 4 is 5.69 Å². The fourth-order valence-corrected chi connectivity index (χ4v) is 1.19. The van der Waals surface area contributed by atoms with Crippen LogP contribution in [0.5, 0.6) is 5.75 Å². The smallest absolute Gasteiger partial charge is 0.290 e. The first-order chi connectivity index (χ1) is 8.10. The van der Waals surface area contributed by atoms with Gasteiger partial charge in [0.05, 0.1) is 11.5 Å². The summed E-state index contributed by atoms with van der Waals surface area (Å²) in [5.74, 6) is 0.0720. The zero-order valence-electron chi connectivity index (χ0n) is 9.29. The van der Waals surface area contributed by atoms with Crippen molar-refractivity contribution in [3.05, 3.63) is 33.9 Å². The van der Waals surface area contributed by atoms with E-state index >= 15 is 0 Å². The molecule has 1 atom stereocenters. The SMILES string of the molecule is CC(CO)COc1cccc([N+](=O)[O-])c1C#N. The Labute approximate surface area is 98.2 Å². The second kappa shape index (κ2) is 5.82. The summed E-state index contributed by atoms with van der Waals surface area (Å²) in [5.41, 5.74) is -0.371. The van der Waals surface area contributed by atoms with Crippen LogP contribution in [0.3, 0.4) is 0 Å². The number of hydrogen-bond acceptors (Lipinski definition) is 5. The first-order valence-electron chi connectivity index (χ1n) is 5.01. The van der Waals surface area contributed by atoms with Crippen LogP contribution < -0.4 is 4.74 Å². The molecule has 0 saturated heterocycles. The summed E-state index contributed by atoms with van der Waals surface area (Å²) in [6.07, 6.45) is 0. The number of nitriles is 1. The van der Waals surface area contributed by atoms with Gasteiger partial charge in [-0.05, 0) is 6.07 Å². The molecule has 1 N–H and O–H groups in total. The van der Waals surface area contributed by atoms with Gasteiger partial charge in [-0.15, -0.1) is 0 Å². The Morgan fingerprint density at radius 2 is 2.35 bits per heavy atom. The summed E-state index contributed by atoms with van der Waals surface area (Å²) in [4.78, 5) is 10.1. The highest BCUT2D eigenvalue weighted by Crippen LogP contribution is 2.27. The molecule has 6 nitrogen and oxygen atoms in total. The molecule has 0 heterocycles. The molecule has 1 aromatic carbocycles. The number of hydrogen-bond donors (Lipinski definition) is 1. The molecule has 1 aromatic rings. The van der Waals surface area contributed by atoms with Gasteiger partial charge in [0.15, 0.2) is 5.56 Å². The highest BCUT2D eigenvalue weighted by Gasteiger charge is 2.18. The van der Waals surface area contributed by atoms with Crippen LogP contribution in [-0.4, -0.2) is 23.2 Å². The van der Waals surface area contributed by atoms with Gasteiger partial charge in [-0.1, -0.05) is 13.0 Å². The molecule has 0 amide bonds. The van der Waals surface area contributed by atoms with Crippen molar-refractivity contribution in [3.63, 3.8) is 0 Å².